The summed E-state index contributed by atoms with van der Waals surface area (Å²) >= 11 is 0. The molecule has 1 amide bonds. The Balaban J connectivity index is 1.47. The van der Waals surface area contributed by atoms with Gasteiger partial charge in [-0.25, -0.2) is 9.97 Å². The third kappa shape index (κ3) is 3.63. The van der Waals surface area contributed by atoms with Crippen LogP contribution in [0.15, 0.2) is 42.7 Å². The third-order valence-corrected chi connectivity index (χ3v) is 5.55. The second-order valence-corrected chi connectivity index (χ2v) is 7.44. The minimum atomic E-state index is 0.119. The van der Waals surface area contributed by atoms with Gasteiger partial charge in [-0.1, -0.05) is 37.3 Å². The topological polar surface area (TPSA) is 49.3 Å². The number of hydrogen-bond acceptors (Lipinski definition) is 4. The number of rotatable bonds is 5. The molecule has 0 aliphatic carbocycles. The summed E-state index contributed by atoms with van der Waals surface area (Å²) in [5.41, 5.74) is 2.34. The second kappa shape index (κ2) is 7.54. The van der Waals surface area contributed by atoms with Crippen molar-refractivity contribution in [1.82, 2.24) is 19.8 Å². The number of hydrogen-bond donors (Lipinski definition) is 0. The van der Waals surface area contributed by atoms with Crippen LogP contribution in [0.2, 0.25) is 0 Å². The summed E-state index contributed by atoms with van der Waals surface area (Å²) in [7, 11) is 0. The molecule has 1 aromatic carbocycles. The SMILES string of the molecule is CCc1ncc(CN2C[C@@H]3CC[C@H](C2)N(Cc2ccccc2)C3=O)cn1. The van der Waals surface area contributed by atoms with Crippen LogP contribution in [0.4, 0.5) is 0 Å². The molecule has 1 aromatic heterocycles. The molecule has 0 saturated carbocycles. The molecule has 3 aliphatic rings. The van der Waals surface area contributed by atoms with Crippen molar-refractivity contribution in [2.75, 3.05) is 13.1 Å². The first kappa shape index (κ1) is 17.2. The fraction of sp³-hybridized carbons (Fsp3) is 0.476. The molecular formula is C21H26N4O. The number of nitrogens with zero attached hydrogens (tertiary/aromatic N) is 4. The van der Waals surface area contributed by atoms with Crippen molar-refractivity contribution >= 4 is 5.91 Å². The Hall–Kier alpha value is -2.27. The number of benzene rings is 1. The summed E-state index contributed by atoms with van der Waals surface area (Å²) in [6.45, 7) is 5.39. The third-order valence-electron chi connectivity index (χ3n) is 5.55. The smallest absolute Gasteiger partial charge is 0.227 e. The van der Waals surface area contributed by atoms with E-state index in [-0.39, 0.29) is 5.92 Å². The van der Waals surface area contributed by atoms with Crippen LogP contribution in [0.1, 0.15) is 36.7 Å². The highest BCUT2D eigenvalue weighted by Crippen LogP contribution is 2.31. The van der Waals surface area contributed by atoms with Crippen LogP contribution in [-0.2, 0) is 24.3 Å². The Morgan fingerprint density at radius 1 is 1.00 bits per heavy atom. The first-order valence-electron chi connectivity index (χ1n) is 9.59. The van der Waals surface area contributed by atoms with Crippen molar-refractivity contribution in [3.05, 3.63) is 59.7 Å². The number of fused-ring (bicyclic) bond motifs is 4. The number of carbonyl (C=O) groups excluding carboxylic acids is 1. The van der Waals surface area contributed by atoms with Crippen molar-refractivity contribution in [2.24, 2.45) is 5.92 Å². The number of aromatic nitrogens is 2. The minimum absolute atomic E-state index is 0.119. The molecule has 2 bridgehead atoms. The predicted molar refractivity (Wildman–Crippen MR) is 100 cm³/mol. The molecule has 0 radical (unpaired) electrons. The van der Waals surface area contributed by atoms with Gasteiger partial charge in [0.15, 0.2) is 0 Å². The molecule has 26 heavy (non-hydrogen) atoms. The molecule has 3 saturated heterocycles. The maximum absolute atomic E-state index is 13.0. The molecule has 3 aliphatic heterocycles. The van der Waals surface area contributed by atoms with Crippen molar-refractivity contribution in [1.29, 1.82) is 0 Å². The standard InChI is InChI=1S/C21H26N4O/c1-2-20-22-10-17(11-23-20)12-24-14-18-8-9-19(15-24)25(21(18)26)13-16-6-4-3-5-7-16/h3-7,10-11,18-19H,2,8-9,12-15H2,1H3/t18-,19+/m0/s1. The first-order valence-corrected chi connectivity index (χ1v) is 9.59. The molecule has 0 N–H and O–H groups in total. The lowest BCUT2D eigenvalue weighted by molar-refractivity contribution is -0.140. The van der Waals surface area contributed by atoms with Gasteiger partial charge in [0.25, 0.3) is 0 Å². The predicted octanol–water partition coefficient (Wildman–Crippen LogP) is 2.66. The first-order chi connectivity index (χ1) is 12.7. The normalized spacial score (nSPS) is 23.3. The summed E-state index contributed by atoms with van der Waals surface area (Å²) in [5.74, 6) is 1.33. The number of aryl methyl sites for hydroxylation is 1. The van der Waals surface area contributed by atoms with Crippen LogP contribution >= 0.6 is 0 Å². The fourth-order valence-electron chi connectivity index (χ4n) is 4.15. The highest BCUT2D eigenvalue weighted by Gasteiger charge is 2.40. The molecule has 4 heterocycles. The molecule has 3 fully saturated rings. The Morgan fingerprint density at radius 2 is 1.77 bits per heavy atom. The number of amides is 1. The average molecular weight is 350 g/mol. The lowest BCUT2D eigenvalue weighted by atomic mass is 9.93. The van der Waals surface area contributed by atoms with Crippen LogP contribution in [0.5, 0.6) is 0 Å². The molecule has 5 heteroatoms. The van der Waals surface area contributed by atoms with Crippen LogP contribution in [0, 0.1) is 5.92 Å². The van der Waals surface area contributed by atoms with Crippen molar-refractivity contribution in [3.63, 3.8) is 0 Å². The monoisotopic (exact) mass is 350 g/mol. The van der Waals surface area contributed by atoms with Gasteiger partial charge in [0.2, 0.25) is 5.91 Å². The minimum Gasteiger partial charge on any atom is -0.334 e. The molecule has 5 rings (SSSR count). The Bertz CT molecular complexity index is 746. The summed E-state index contributed by atoms with van der Waals surface area (Å²) in [6, 6.07) is 10.6. The van der Waals surface area contributed by atoms with Gasteiger partial charge >= 0.3 is 0 Å². The Morgan fingerprint density at radius 3 is 2.50 bits per heavy atom. The summed E-state index contributed by atoms with van der Waals surface area (Å²) in [4.78, 5) is 26.3. The van der Waals surface area contributed by atoms with Gasteiger partial charge in [-0.3, -0.25) is 9.69 Å². The van der Waals surface area contributed by atoms with Gasteiger partial charge in [0.05, 0.1) is 5.92 Å². The van der Waals surface area contributed by atoms with E-state index in [0.29, 0.717) is 11.9 Å². The Kier molecular flexibility index (Phi) is 4.98. The maximum atomic E-state index is 13.0. The fourth-order valence-corrected chi connectivity index (χ4v) is 4.15. The molecule has 136 valence electrons. The van der Waals surface area contributed by atoms with E-state index in [1.165, 1.54) is 5.56 Å². The van der Waals surface area contributed by atoms with Gasteiger partial charge in [-0.2, -0.15) is 0 Å². The second-order valence-electron chi connectivity index (χ2n) is 7.44. The van der Waals surface area contributed by atoms with Gasteiger partial charge in [0, 0.05) is 56.6 Å². The van der Waals surface area contributed by atoms with Crippen molar-refractivity contribution in [3.8, 4) is 0 Å². The average Bonchev–Trinajstić information content (AvgIpc) is 2.95. The van der Waals surface area contributed by atoms with E-state index in [2.05, 4.69) is 38.8 Å². The van der Waals surface area contributed by atoms with E-state index in [0.717, 1.165) is 56.8 Å². The summed E-state index contributed by atoms with van der Waals surface area (Å²) in [6.07, 6.45) is 6.84. The van der Waals surface area contributed by atoms with Gasteiger partial charge in [-0.15, -0.1) is 0 Å². The molecular weight excluding hydrogens is 324 g/mol. The quantitative estimate of drug-likeness (QED) is 0.832. The number of piperidine rings is 1. The molecule has 0 unspecified atom stereocenters. The van der Waals surface area contributed by atoms with Crippen LogP contribution in [-0.4, -0.2) is 44.8 Å². The zero-order valence-corrected chi connectivity index (χ0v) is 15.3. The largest absolute Gasteiger partial charge is 0.334 e. The van der Waals surface area contributed by atoms with Gasteiger partial charge in [-0.05, 0) is 18.4 Å². The molecule has 0 spiro atoms. The van der Waals surface area contributed by atoms with Crippen LogP contribution in [0.25, 0.3) is 0 Å². The zero-order chi connectivity index (χ0) is 17.9. The van der Waals surface area contributed by atoms with E-state index >= 15 is 0 Å². The van der Waals surface area contributed by atoms with Crippen molar-refractivity contribution < 1.29 is 4.79 Å². The number of carbonyl (C=O) groups is 1. The van der Waals surface area contributed by atoms with E-state index in [9.17, 15) is 4.79 Å². The Labute approximate surface area is 155 Å². The zero-order valence-electron chi connectivity index (χ0n) is 15.3. The van der Waals surface area contributed by atoms with Gasteiger partial charge in [0.1, 0.15) is 5.82 Å². The maximum Gasteiger partial charge on any atom is 0.227 e. The lowest BCUT2D eigenvalue weighted by Crippen LogP contribution is -2.47. The lowest BCUT2D eigenvalue weighted by Gasteiger charge is -2.36. The molecule has 2 aromatic rings. The van der Waals surface area contributed by atoms with Crippen LogP contribution in [0.3, 0.4) is 0 Å². The highest BCUT2D eigenvalue weighted by molar-refractivity contribution is 5.80. The van der Waals surface area contributed by atoms with E-state index < -0.39 is 0 Å². The van der Waals surface area contributed by atoms with E-state index in [1.807, 2.05) is 30.6 Å². The van der Waals surface area contributed by atoms with E-state index in [1.54, 1.807) is 0 Å². The highest BCUT2D eigenvalue weighted by atomic mass is 16.2. The van der Waals surface area contributed by atoms with E-state index in [4.69, 9.17) is 0 Å². The van der Waals surface area contributed by atoms with Gasteiger partial charge < -0.3 is 4.90 Å². The summed E-state index contributed by atoms with van der Waals surface area (Å²) < 4.78 is 0. The molecule has 5 nitrogen and oxygen atoms in total. The van der Waals surface area contributed by atoms with Crippen LogP contribution < -0.4 is 0 Å². The molecule has 2 atom stereocenters. The summed E-state index contributed by atoms with van der Waals surface area (Å²) in [5, 5.41) is 0. The van der Waals surface area contributed by atoms with Crippen molar-refractivity contribution in [2.45, 2.75) is 45.3 Å².